The van der Waals surface area contributed by atoms with Gasteiger partial charge in [-0.25, -0.2) is 0 Å². The fraction of sp³-hybridized carbons (Fsp3) is 0.115. The fourth-order valence-electron chi connectivity index (χ4n) is 7.53. The summed E-state index contributed by atoms with van der Waals surface area (Å²) < 4.78 is 0. The van der Waals surface area contributed by atoms with Crippen LogP contribution in [0.2, 0.25) is 15.9 Å². The molecule has 1 N–H and O–H groups in total. The van der Waals surface area contributed by atoms with Gasteiger partial charge in [0.15, 0.2) is 0 Å². The Balaban J connectivity index is 0.000000320. The Kier molecular flexibility index (Phi) is 21.2. The van der Waals surface area contributed by atoms with Crippen molar-refractivity contribution in [2.24, 2.45) is 0 Å². The highest BCUT2D eigenvalue weighted by molar-refractivity contribution is 6.33. The standard InChI is InChI=1S/C42H36N6.C13H13N.C3Cl3N3.3CH4/c1-31-16-13-25-37(28-31)46(34-19-7-4-8-20-34)40-43-41(47(35-21-9-5-10-22-35)38-26-14-17-32(2)29-38)45-42(44-40)48(36-23-11-6-12-24-36)39-27-15-18-33(3)30-39;1-11-6-5-9-13(10-11)14-12-7-3-2-4-8-12;4-1-7-2(5)9-3(6)8-1;;;/h4-30H,1-3H3;2-10,14H,1H3;;3*1H4. The second-order valence-electron chi connectivity index (χ2n) is 16.3. The summed E-state index contributed by atoms with van der Waals surface area (Å²) in [5.74, 6) is 1.48. The Labute approximate surface area is 452 Å². The molecule has 2 heterocycles. The molecule has 0 bridgehead atoms. The summed E-state index contributed by atoms with van der Waals surface area (Å²) in [4.78, 5) is 32.5. The maximum atomic E-state index is 5.32. The van der Waals surface area contributed by atoms with E-state index in [1.165, 1.54) is 5.56 Å². The van der Waals surface area contributed by atoms with Crippen LogP contribution >= 0.6 is 34.8 Å². The molecule has 10 rings (SSSR count). The van der Waals surface area contributed by atoms with Gasteiger partial charge in [0.1, 0.15) is 0 Å². The lowest BCUT2D eigenvalue weighted by atomic mass is 10.2. The highest BCUT2D eigenvalue weighted by atomic mass is 35.5. The third kappa shape index (κ3) is 15.4. The van der Waals surface area contributed by atoms with Gasteiger partial charge in [-0.15, -0.1) is 0 Å². The van der Waals surface area contributed by atoms with Gasteiger partial charge in [-0.1, -0.05) is 144 Å². The lowest BCUT2D eigenvalue weighted by Gasteiger charge is -2.30. The van der Waals surface area contributed by atoms with Gasteiger partial charge in [-0.05, 0) is 182 Å². The molecule has 2 aromatic heterocycles. The number of rotatable bonds is 11. The van der Waals surface area contributed by atoms with E-state index in [0.717, 1.165) is 62.2 Å². The van der Waals surface area contributed by atoms with E-state index in [4.69, 9.17) is 49.8 Å². The van der Waals surface area contributed by atoms with E-state index in [-0.39, 0.29) is 38.1 Å². The number of nitrogens with zero attached hydrogens (tertiary/aromatic N) is 9. The number of para-hydroxylation sites is 4. The van der Waals surface area contributed by atoms with Crippen LogP contribution in [0.3, 0.4) is 0 Å². The Morgan fingerprint density at radius 1 is 0.284 bits per heavy atom. The van der Waals surface area contributed by atoms with Crippen LogP contribution in [0.4, 0.5) is 63.3 Å². The summed E-state index contributed by atoms with van der Waals surface area (Å²) in [6.07, 6.45) is 0. The number of anilines is 11. The van der Waals surface area contributed by atoms with Crippen LogP contribution in [-0.2, 0) is 0 Å². The van der Waals surface area contributed by atoms with E-state index in [1.807, 2.05) is 72.8 Å². The van der Waals surface area contributed by atoms with Crippen molar-refractivity contribution >= 4 is 98.1 Å². The first-order chi connectivity index (χ1) is 34.6. The summed E-state index contributed by atoms with van der Waals surface area (Å²) >= 11 is 16.0. The number of hydrogen-bond acceptors (Lipinski definition) is 10. The second-order valence-corrected chi connectivity index (χ2v) is 17.3. The van der Waals surface area contributed by atoms with Crippen molar-refractivity contribution in [3.63, 3.8) is 0 Å². The van der Waals surface area contributed by atoms with Crippen LogP contribution in [0, 0.1) is 27.7 Å². The minimum Gasteiger partial charge on any atom is -0.356 e. The number of benzene rings is 8. The van der Waals surface area contributed by atoms with Crippen LogP contribution in [0.25, 0.3) is 0 Å². The normalized spacial score (nSPS) is 10.0. The van der Waals surface area contributed by atoms with Crippen molar-refractivity contribution in [2.75, 3.05) is 20.0 Å². The van der Waals surface area contributed by atoms with Crippen LogP contribution in [0.5, 0.6) is 0 Å². The molecule has 0 saturated heterocycles. The van der Waals surface area contributed by atoms with Gasteiger partial charge in [-0.2, -0.15) is 29.9 Å². The Morgan fingerprint density at radius 2 is 0.541 bits per heavy atom. The van der Waals surface area contributed by atoms with Crippen molar-refractivity contribution in [3.8, 4) is 0 Å². The zero-order valence-corrected chi connectivity index (χ0v) is 41.7. The molecule has 10 nitrogen and oxygen atoms in total. The summed E-state index contributed by atoms with van der Waals surface area (Å²) in [5, 5.41) is 3.34. The quantitative estimate of drug-likeness (QED) is 0.135. The van der Waals surface area contributed by atoms with E-state index in [1.54, 1.807) is 0 Å². The molecule has 0 unspecified atom stereocenters. The highest BCUT2D eigenvalue weighted by Crippen LogP contribution is 2.40. The van der Waals surface area contributed by atoms with Crippen molar-refractivity contribution < 1.29 is 0 Å². The lowest BCUT2D eigenvalue weighted by molar-refractivity contribution is 0.961. The van der Waals surface area contributed by atoms with Gasteiger partial charge in [0.05, 0.1) is 0 Å². The molecular formula is C61H61Cl3N10. The molecule has 0 amide bonds. The predicted molar refractivity (Wildman–Crippen MR) is 314 cm³/mol. The lowest BCUT2D eigenvalue weighted by Crippen LogP contribution is -2.22. The Hall–Kier alpha value is -8.15. The first-order valence-corrected chi connectivity index (χ1v) is 23.8. The average molecular weight is 1040 g/mol. The zero-order chi connectivity index (χ0) is 49.5. The summed E-state index contributed by atoms with van der Waals surface area (Å²) in [5.41, 5.74) is 12.6. The van der Waals surface area contributed by atoms with E-state index < -0.39 is 0 Å². The van der Waals surface area contributed by atoms with Crippen LogP contribution in [0.1, 0.15) is 44.5 Å². The smallest absolute Gasteiger partial charge is 0.241 e. The molecule has 0 aliphatic heterocycles. The monoisotopic (exact) mass is 1040 g/mol. The molecule has 0 spiro atoms. The van der Waals surface area contributed by atoms with Gasteiger partial charge >= 0.3 is 0 Å². The van der Waals surface area contributed by atoms with E-state index >= 15 is 0 Å². The van der Waals surface area contributed by atoms with Crippen molar-refractivity contribution in [3.05, 3.63) is 256 Å². The molecule has 74 heavy (non-hydrogen) atoms. The van der Waals surface area contributed by atoms with Gasteiger partial charge < -0.3 is 5.32 Å². The van der Waals surface area contributed by atoms with Gasteiger partial charge in [0.25, 0.3) is 0 Å². The number of aryl methyl sites for hydroxylation is 4. The number of nitrogens with one attached hydrogen (secondary N) is 1. The molecule has 8 aromatic carbocycles. The average Bonchev–Trinajstić information content (AvgIpc) is 3.36. The number of halogens is 3. The molecule has 0 aliphatic carbocycles. The minimum absolute atomic E-state index is 0. The molecular weight excluding hydrogens is 979 g/mol. The molecule has 13 heteroatoms. The van der Waals surface area contributed by atoms with E-state index in [0.29, 0.717) is 17.8 Å². The van der Waals surface area contributed by atoms with E-state index in [2.05, 4.69) is 208 Å². The minimum atomic E-state index is 0. The number of aromatic nitrogens is 6. The van der Waals surface area contributed by atoms with E-state index in [9.17, 15) is 0 Å². The fourth-order valence-corrected chi connectivity index (χ4v) is 8.14. The summed E-state index contributed by atoms with van der Waals surface area (Å²) in [7, 11) is 0. The number of hydrogen-bond donors (Lipinski definition) is 1. The largest absolute Gasteiger partial charge is 0.356 e. The summed E-state index contributed by atoms with van der Waals surface area (Å²) in [6, 6.07) is 74.5. The topological polar surface area (TPSA) is 99.1 Å². The molecule has 0 aliphatic rings. The Morgan fingerprint density at radius 3 is 0.838 bits per heavy atom. The van der Waals surface area contributed by atoms with Crippen molar-refractivity contribution in [1.82, 2.24) is 29.9 Å². The molecule has 376 valence electrons. The molecule has 10 aromatic rings. The maximum Gasteiger partial charge on any atom is 0.241 e. The highest BCUT2D eigenvalue weighted by Gasteiger charge is 2.26. The molecule has 0 radical (unpaired) electrons. The van der Waals surface area contributed by atoms with Gasteiger partial charge in [0, 0.05) is 45.5 Å². The van der Waals surface area contributed by atoms with Crippen LogP contribution in [-0.4, -0.2) is 29.9 Å². The predicted octanol–water partition coefficient (Wildman–Crippen LogP) is 18.7. The van der Waals surface area contributed by atoms with Crippen LogP contribution < -0.4 is 20.0 Å². The SMILES string of the molecule is C.C.C.Cc1cccc(N(c2ccccc2)c2nc(N(c3ccccc3)c3cccc(C)c3)nc(N(c3ccccc3)c3cccc(C)c3)n2)c1.Cc1cccc(Nc2ccccc2)c1.Clc1nc(Cl)nc(Cl)n1. The maximum absolute atomic E-state index is 5.32. The van der Waals surface area contributed by atoms with Crippen LogP contribution in [0.15, 0.2) is 218 Å². The van der Waals surface area contributed by atoms with Gasteiger partial charge in [0.2, 0.25) is 33.7 Å². The first kappa shape index (κ1) is 56.8. The zero-order valence-electron chi connectivity index (χ0n) is 39.4. The van der Waals surface area contributed by atoms with Crippen molar-refractivity contribution in [1.29, 1.82) is 0 Å². The molecule has 0 atom stereocenters. The molecule has 0 fully saturated rings. The first-order valence-electron chi connectivity index (χ1n) is 22.7. The van der Waals surface area contributed by atoms with Gasteiger partial charge in [-0.3, -0.25) is 14.7 Å². The third-order valence-corrected chi connectivity index (χ3v) is 11.2. The Bertz CT molecular complexity index is 2990. The van der Waals surface area contributed by atoms with Crippen molar-refractivity contribution in [2.45, 2.75) is 50.0 Å². The third-order valence-electron chi connectivity index (χ3n) is 10.7. The second kappa shape index (κ2) is 27.6. The molecule has 0 saturated carbocycles. The summed E-state index contributed by atoms with van der Waals surface area (Å²) in [6.45, 7) is 8.39.